The fraction of sp³-hybridized carbons (Fsp3) is 0.0714. The fourth-order valence-corrected chi connectivity index (χ4v) is 2.02. The van der Waals surface area contributed by atoms with Gasteiger partial charge in [0.05, 0.1) is 0 Å². The topological polar surface area (TPSA) is 48.9 Å². The first-order valence-electron chi connectivity index (χ1n) is 5.52. The Morgan fingerprint density at radius 2 is 2.00 bits per heavy atom. The van der Waals surface area contributed by atoms with Gasteiger partial charge in [-0.3, -0.25) is 0 Å². The highest BCUT2D eigenvalue weighted by molar-refractivity contribution is 5.89. The Labute approximate surface area is 98.8 Å². The predicted octanol–water partition coefficient (Wildman–Crippen LogP) is 2.86. The normalized spacial score (nSPS) is 10.8. The lowest BCUT2D eigenvalue weighted by atomic mass is 10.0. The van der Waals surface area contributed by atoms with Crippen LogP contribution in [-0.4, -0.2) is 15.1 Å². The van der Waals surface area contributed by atoms with Crippen LogP contribution in [0.4, 0.5) is 0 Å². The standard InChI is InChI=1S/C14H12N2O/c17-14-11(9-13-15-7-8-16-13)6-5-10-3-1-2-4-12(10)14/h1-8,17H,9H2,(H,15,16). The number of H-pyrrole nitrogens is 1. The van der Waals surface area contributed by atoms with Gasteiger partial charge in [0.2, 0.25) is 0 Å². The summed E-state index contributed by atoms with van der Waals surface area (Å²) in [6, 6.07) is 11.8. The molecule has 0 aliphatic carbocycles. The lowest BCUT2D eigenvalue weighted by molar-refractivity contribution is 0.475. The summed E-state index contributed by atoms with van der Waals surface area (Å²) in [5, 5.41) is 12.1. The van der Waals surface area contributed by atoms with Gasteiger partial charge < -0.3 is 10.1 Å². The molecule has 0 unspecified atom stereocenters. The van der Waals surface area contributed by atoms with Gasteiger partial charge in [-0.05, 0) is 5.39 Å². The molecule has 1 heterocycles. The maximum atomic E-state index is 10.2. The highest BCUT2D eigenvalue weighted by atomic mass is 16.3. The van der Waals surface area contributed by atoms with Gasteiger partial charge in [-0.25, -0.2) is 4.98 Å². The third-order valence-electron chi connectivity index (χ3n) is 2.90. The Balaban J connectivity index is 2.09. The fourth-order valence-electron chi connectivity index (χ4n) is 2.02. The van der Waals surface area contributed by atoms with Crippen LogP contribution in [0.1, 0.15) is 11.4 Å². The molecule has 0 radical (unpaired) electrons. The number of hydrogen-bond acceptors (Lipinski definition) is 2. The van der Waals surface area contributed by atoms with Crippen molar-refractivity contribution in [1.29, 1.82) is 0 Å². The summed E-state index contributed by atoms with van der Waals surface area (Å²) in [7, 11) is 0. The number of hydrogen-bond donors (Lipinski definition) is 2. The van der Waals surface area contributed by atoms with E-state index >= 15 is 0 Å². The number of imidazole rings is 1. The Kier molecular flexibility index (Phi) is 2.29. The first kappa shape index (κ1) is 9.90. The van der Waals surface area contributed by atoms with Gasteiger partial charge in [0.1, 0.15) is 11.6 Å². The SMILES string of the molecule is Oc1c(Cc2ncc[nH]2)ccc2ccccc12. The van der Waals surface area contributed by atoms with Gasteiger partial charge in [-0.2, -0.15) is 0 Å². The lowest BCUT2D eigenvalue weighted by Gasteiger charge is -2.06. The van der Waals surface area contributed by atoms with Gasteiger partial charge >= 0.3 is 0 Å². The molecule has 3 heteroatoms. The zero-order chi connectivity index (χ0) is 11.7. The predicted molar refractivity (Wildman–Crippen MR) is 67.0 cm³/mol. The number of phenols is 1. The number of nitrogens with one attached hydrogen (secondary N) is 1. The van der Waals surface area contributed by atoms with Crippen LogP contribution in [0.2, 0.25) is 0 Å². The second kappa shape index (κ2) is 3.94. The second-order valence-corrected chi connectivity index (χ2v) is 4.01. The maximum Gasteiger partial charge on any atom is 0.127 e. The number of nitrogens with zero attached hydrogens (tertiary/aromatic N) is 1. The second-order valence-electron chi connectivity index (χ2n) is 4.01. The molecule has 0 amide bonds. The molecular weight excluding hydrogens is 212 g/mol. The zero-order valence-electron chi connectivity index (χ0n) is 9.22. The van der Waals surface area contributed by atoms with Crippen LogP contribution >= 0.6 is 0 Å². The molecule has 17 heavy (non-hydrogen) atoms. The third kappa shape index (κ3) is 1.76. The monoisotopic (exact) mass is 224 g/mol. The van der Waals surface area contributed by atoms with Crippen LogP contribution in [0.25, 0.3) is 10.8 Å². The first-order chi connectivity index (χ1) is 8.34. The number of phenolic OH excluding ortho intramolecular Hbond substituents is 1. The van der Waals surface area contributed by atoms with Crippen molar-refractivity contribution in [2.75, 3.05) is 0 Å². The highest BCUT2D eigenvalue weighted by Crippen LogP contribution is 2.29. The summed E-state index contributed by atoms with van der Waals surface area (Å²) < 4.78 is 0. The van der Waals surface area contributed by atoms with Crippen LogP contribution in [-0.2, 0) is 6.42 Å². The number of rotatable bonds is 2. The van der Waals surface area contributed by atoms with Crippen molar-refractivity contribution in [2.24, 2.45) is 0 Å². The highest BCUT2D eigenvalue weighted by Gasteiger charge is 2.07. The molecule has 84 valence electrons. The minimum atomic E-state index is 0.347. The van der Waals surface area contributed by atoms with Crippen molar-refractivity contribution >= 4 is 10.8 Å². The van der Waals surface area contributed by atoms with Crippen molar-refractivity contribution < 1.29 is 5.11 Å². The van der Waals surface area contributed by atoms with E-state index in [1.54, 1.807) is 12.4 Å². The maximum absolute atomic E-state index is 10.2. The molecule has 0 aliphatic heterocycles. The summed E-state index contributed by atoms with van der Waals surface area (Å²) >= 11 is 0. The number of fused-ring (bicyclic) bond motifs is 1. The Hall–Kier alpha value is -2.29. The van der Waals surface area contributed by atoms with E-state index in [4.69, 9.17) is 0 Å². The molecule has 3 nitrogen and oxygen atoms in total. The molecule has 1 aromatic heterocycles. The molecular formula is C14H12N2O. The van der Waals surface area contributed by atoms with E-state index in [0.29, 0.717) is 12.2 Å². The number of aromatic hydroxyl groups is 1. The molecule has 0 aliphatic rings. The van der Waals surface area contributed by atoms with Crippen molar-refractivity contribution in [1.82, 2.24) is 9.97 Å². The van der Waals surface area contributed by atoms with Gasteiger partial charge in [0.25, 0.3) is 0 Å². The molecule has 0 spiro atoms. The molecule has 0 atom stereocenters. The summed E-state index contributed by atoms with van der Waals surface area (Å²) in [6.45, 7) is 0. The van der Waals surface area contributed by atoms with E-state index in [1.165, 1.54) is 0 Å². The van der Waals surface area contributed by atoms with Crippen LogP contribution in [0.3, 0.4) is 0 Å². The van der Waals surface area contributed by atoms with Crippen LogP contribution in [0.15, 0.2) is 48.8 Å². The molecule has 0 saturated heterocycles. The van der Waals surface area contributed by atoms with E-state index in [9.17, 15) is 5.11 Å². The van der Waals surface area contributed by atoms with Crippen LogP contribution in [0, 0.1) is 0 Å². The van der Waals surface area contributed by atoms with Gasteiger partial charge in [0.15, 0.2) is 0 Å². The molecule has 2 aromatic carbocycles. The van der Waals surface area contributed by atoms with Crippen molar-refractivity contribution in [3.8, 4) is 5.75 Å². The van der Waals surface area contributed by atoms with Gasteiger partial charge in [0, 0.05) is 29.8 Å². The van der Waals surface area contributed by atoms with Crippen LogP contribution in [0.5, 0.6) is 5.75 Å². The summed E-state index contributed by atoms with van der Waals surface area (Å²) in [6.07, 6.45) is 4.12. The van der Waals surface area contributed by atoms with Crippen LogP contribution < -0.4 is 0 Å². The number of benzene rings is 2. The van der Waals surface area contributed by atoms with Crippen molar-refractivity contribution in [3.63, 3.8) is 0 Å². The zero-order valence-corrected chi connectivity index (χ0v) is 9.22. The minimum Gasteiger partial charge on any atom is -0.507 e. The van der Waals surface area contributed by atoms with Crippen molar-refractivity contribution in [3.05, 3.63) is 60.2 Å². The Morgan fingerprint density at radius 3 is 2.82 bits per heavy atom. The smallest absolute Gasteiger partial charge is 0.127 e. The van der Waals surface area contributed by atoms with E-state index in [2.05, 4.69) is 9.97 Å². The van der Waals surface area contributed by atoms with E-state index < -0.39 is 0 Å². The molecule has 2 N–H and O–H groups in total. The Morgan fingerprint density at radius 1 is 1.12 bits per heavy atom. The molecule has 0 bridgehead atoms. The average Bonchev–Trinajstić information content (AvgIpc) is 2.86. The summed E-state index contributed by atoms with van der Waals surface area (Å²) in [5.41, 5.74) is 0.888. The van der Waals surface area contributed by atoms with E-state index in [1.807, 2.05) is 36.4 Å². The third-order valence-corrected chi connectivity index (χ3v) is 2.90. The molecule has 0 fully saturated rings. The quantitative estimate of drug-likeness (QED) is 0.703. The molecule has 3 rings (SSSR count). The van der Waals surface area contributed by atoms with E-state index in [-0.39, 0.29) is 0 Å². The summed E-state index contributed by atoms with van der Waals surface area (Å²) in [5.74, 6) is 1.20. The number of aromatic nitrogens is 2. The van der Waals surface area contributed by atoms with E-state index in [0.717, 1.165) is 22.2 Å². The first-order valence-corrected chi connectivity index (χ1v) is 5.52. The van der Waals surface area contributed by atoms with Gasteiger partial charge in [-0.1, -0.05) is 36.4 Å². The minimum absolute atomic E-state index is 0.347. The molecule has 3 aromatic rings. The van der Waals surface area contributed by atoms with Crippen molar-refractivity contribution in [2.45, 2.75) is 6.42 Å². The van der Waals surface area contributed by atoms with Gasteiger partial charge in [-0.15, -0.1) is 0 Å². The Bertz CT molecular complexity index is 644. The largest absolute Gasteiger partial charge is 0.507 e. The average molecular weight is 224 g/mol. The molecule has 0 saturated carbocycles. The summed E-state index contributed by atoms with van der Waals surface area (Å²) in [4.78, 5) is 7.20. The lowest BCUT2D eigenvalue weighted by Crippen LogP contribution is -1.91. The number of aromatic amines is 1.